The Hall–Kier alpha value is -1.14. The number of hydrogen-bond donors (Lipinski definition) is 3. The maximum atomic E-state index is 14.2. The molecule has 1 aromatic rings. The van der Waals surface area contributed by atoms with Crippen LogP contribution in [0.3, 0.4) is 0 Å². The molecule has 4 N–H and O–H groups in total. The number of amidine groups is 1. The van der Waals surface area contributed by atoms with Gasteiger partial charge in [0.1, 0.15) is 5.84 Å². The van der Waals surface area contributed by atoms with E-state index < -0.39 is 5.82 Å². The van der Waals surface area contributed by atoms with E-state index in [1.807, 2.05) is 4.90 Å². The van der Waals surface area contributed by atoms with Gasteiger partial charge in [-0.2, -0.15) is 0 Å². The molecule has 0 radical (unpaired) electrons. The third-order valence-corrected chi connectivity index (χ3v) is 4.01. The van der Waals surface area contributed by atoms with Crippen LogP contribution in [0.1, 0.15) is 12.0 Å². The predicted octanol–water partition coefficient (Wildman–Crippen LogP) is 1.69. The van der Waals surface area contributed by atoms with Crippen molar-refractivity contribution >= 4 is 27.5 Å². The highest BCUT2D eigenvalue weighted by atomic mass is 79.9. The quantitative estimate of drug-likeness (QED) is 0.587. The highest BCUT2D eigenvalue weighted by Gasteiger charge is 2.25. The number of hydrogen-bond acceptors (Lipinski definition) is 3. The van der Waals surface area contributed by atoms with Crippen molar-refractivity contribution in [2.24, 2.45) is 11.7 Å². The zero-order valence-electron chi connectivity index (χ0n) is 9.79. The minimum Gasteiger partial charge on any atom is -0.396 e. The monoisotopic (exact) mass is 315 g/mol. The lowest BCUT2D eigenvalue weighted by molar-refractivity contribution is 0.238. The number of halogens is 2. The van der Waals surface area contributed by atoms with Gasteiger partial charge in [0.05, 0.1) is 10.2 Å². The van der Waals surface area contributed by atoms with Gasteiger partial charge in [-0.3, -0.25) is 5.41 Å². The summed E-state index contributed by atoms with van der Waals surface area (Å²) in [5.74, 6) is -0.362. The average Bonchev–Trinajstić information content (AvgIpc) is 2.80. The Morgan fingerprint density at radius 1 is 1.61 bits per heavy atom. The molecule has 2 rings (SSSR count). The second-order valence-electron chi connectivity index (χ2n) is 4.46. The summed E-state index contributed by atoms with van der Waals surface area (Å²) in [4.78, 5) is 1.91. The van der Waals surface area contributed by atoms with Crippen LogP contribution in [0.2, 0.25) is 0 Å². The normalized spacial score (nSPS) is 19.3. The third kappa shape index (κ3) is 2.35. The smallest absolute Gasteiger partial charge is 0.161 e. The molecule has 98 valence electrons. The number of nitrogens with zero attached hydrogens (tertiary/aromatic N) is 1. The molecule has 1 fully saturated rings. The van der Waals surface area contributed by atoms with Gasteiger partial charge in [0, 0.05) is 31.2 Å². The van der Waals surface area contributed by atoms with Gasteiger partial charge in [0.2, 0.25) is 0 Å². The zero-order chi connectivity index (χ0) is 13.3. The highest BCUT2D eigenvalue weighted by molar-refractivity contribution is 9.10. The topological polar surface area (TPSA) is 73.3 Å². The summed E-state index contributed by atoms with van der Waals surface area (Å²) in [5, 5.41) is 16.4. The van der Waals surface area contributed by atoms with Gasteiger partial charge in [-0.25, -0.2) is 4.39 Å². The molecule has 0 bridgehead atoms. The van der Waals surface area contributed by atoms with Crippen LogP contribution >= 0.6 is 15.9 Å². The number of aliphatic hydroxyl groups excluding tert-OH is 1. The molecule has 1 aliphatic heterocycles. The van der Waals surface area contributed by atoms with E-state index in [1.165, 1.54) is 0 Å². The molecular weight excluding hydrogens is 301 g/mol. The first kappa shape index (κ1) is 13.3. The molecule has 0 spiro atoms. The van der Waals surface area contributed by atoms with Crippen LogP contribution in [-0.4, -0.2) is 30.6 Å². The van der Waals surface area contributed by atoms with Gasteiger partial charge in [-0.1, -0.05) is 0 Å². The average molecular weight is 316 g/mol. The zero-order valence-corrected chi connectivity index (χ0v) is 11.4. The second-order valence-corrected chi connectivity index (χ2v) is 5.25. The summed E-state index contributed by atoms with van der Waals surface area (Å²) in [5.41, 5.74) is 6.21. The third-order valence-electron chi connectivity index (χ3n) is 3.24. The van der Waals surface area contributed by atoms with Crippen LogP contribution in [0.5, 0.6) is 0 Å². The van der Waals surface area contributed by atoms with Crippen molar-refractivity contribution in [3.05, 3.63) is 28.0 Å². The highest BCUT2D eigenvalue weighted by Crippen LogP contribution is 2.32. The van der Waals surface area contributed by atoms with E-state index in [2.05, 4.69) is 15.9 Å². The molecule has 1 unspecified atom stereocenters. The lowest BCUT2D eigenvalue weighted by Gasteiger charge is -2.20. The SMILES string of the molecule is N=C(N)c1ccc(N2CCC(CO)C2)c(F)c1Br. The Labute approximate surface area is 113 Å². The van der Waals surface area contributed by atoms with Gasteiger partial charge >= 0.3 is 0 Å². The van der Waals surface area contributed by atoms with Crippen molar-refractivity contribution in [1.82, 2.24) is 0 Å². The minimum atomic E-state index is -0.402. The second kappa shape index (κ2) is 5.24. The van der Waals surface area contributed by atoms with E-state index in [0.29, 0.717) is 17.8 Å². The lowest BCUT2D eigenvalue weighted by atomic mass is 10.1. The van der Waals surface area contributed by atoms with E-state index >= 15 is 0 Å². The fourth-order valence-corrected chi connectivity index (χ4v) is 2.74. The van der Waals surface area contributed by atoms with E-state index in [-0.39, 0.29) is 22.8 Å². The minimum absolute atomic E-state index is 0.130. The number of rotatable bonds is 3. The number of nitrogen functional groups attached to an aromatic ring is 1. The Morgan fingerprint density at radius 2 is 2.33 bits per heavy atom. The first-order valence-electron chi connectivity index (χ1n) is 5.72. The molecule has 4 nitrogen and oxygen atoms in total. The van der Waals surface area contributed by atoms with Gasteiger partial charge in [0.25, 0.3) is 0 Å². The fourth-order valence-electron chi connectivity index (χ4n) is 2.19. The Morgan fingerprint density at radius 3 is 2.89 bits per heavy atom. The molecule has 6 heteroatoms. The van der Waals surface area contributed by atoms with Gasteiger partial charge in [-0.05, 0) is 34.5 Å². The number of nitrogens with one attached hydrogen (secondary N) is 1. The summed E-state index contributed by atoms with van der Waals surface area (Å²) in [6.07, 6.45) is 0.863. The van der Waals surface area contributed by atoms with Crippen molar-refractivity contribution in [2.75, 3.05) is 24.6 Å². The molecule has 1 saturated heterocycles. The first-order chi connectivity index (χ1) is 8.54. The molecule has 0 amide bonds. The summed E-state index contributed by atoms with van der Waals surface area (Å²) in [6, 6.07) is 3.27. The van der Waals surface area contributed by atoms with Crippen molar-refractivity contribution in [1.29, 1.82) is 5.41 Å². The van der Waals surface area contributed by atoms with Gasteiger partial charge in [0.15, 0.2) is 5.82 Å². The summed E-state index contributed by atoms with van der Waals surface area (Å²) < 4.78 is 14.4. The largest absolute Gasteiger partial charge is 0.396 e. The number of aliphatic hydroxyl groups is 1. The van der Waals surface area contributed by atoms with Gasteiger partial charge < -0.3 is 15.7 Å². The summed E-state index contributed by atoms with van der Waals surface area (Å²) in [7, 11) is 0. The van der Waals surface area contributed by atoms with Gasteiger partial charge in [-0.15, -0.1) is 0 Å². The van der Waals surface area contributed by atoms with Crippen LogP contribution in [0.4, 0.5) is 10.1 Å². The van der Waals surface area contributed by atoms with E-state index in [1.54, 1.807) is 12.1 Å². The summed E-state index contributed by atoms with van der Waals surface area (Å²) >= 11 is 3.14. The van der Waals surface area contributed by atoms with Crippen LogP contribution in [-0.2, 0) is 0 Å². The first-order valence-corrected chi connectivity index (χ1v) is 6.52. The van der Waals surface area contributed by atoms with Crippen LogP contribution in [0, 0.1) is 17.1 Å². The number of benzene rings is 1. The van der Waals surface area contributed by atoms with Crippen LogP contribution in [0.25, 0.3) is 0 Å². The molecular formula is C12H15BrFN3O. The van der Waals surface area contributed by atoms with Crippen LogP contribution < -0.4 is 10.6 Å². The van der Waals surface area contributed by atoms with Crippen molar-refractivity contribution < 1.29 is 9.50 Å². The fraction of sp³-hybridized carbons (Fsp3) is 0.417. The van der Waals surface area contributed by atoms with Crippen LogP contribution in [0.15, 0.2) is 16.6 Å². The molecule has 0 aliphatic carbocycles. The molecule has 1 atom stereocenters. The molecule has 1 heterocycles. The Balaban J connectivity index is 2.30. The maximum Gasteiger partial charge on any atom is 0.161 e. The molecule has 0 saturated carbocycles. The van der Waals surface area contributed by atoms with E-state index in [0.717, 1.165) is 13.0 Å². The van der Waals surface area contributed by atoms with Crippen molar-refractivity contribution in [3.63, 3.8) is 0 Å². The number of anilines is 1. The molecule has 1 aliphatic rings. The standard InChI is InChI=1S/C12H15BrFN3O/c13-10-8(12(15)16)1-2-9(11(10)14)17-4-3-7(5-17)6-18/h1-2,7,18H,3-6H2,(H3,15,16). The molecule has 1 aromatic carbocycles. The lowest BCUT2D eigenvalue weighted by Crippen LogP contribution is -2.22. The molecule has 18 heavy (non-hydrogen) atoms. The molecule has 0 aromatic heterocycles. The van der Waals surface area contributed by atoms with Crippen molar-refractivity contribution in [3.8, 4) is 0 Å². The van der Waals surface area contributed by atoms with E-state index in [9.17, 15) is 4.39 Å². The number of nitrogens with two attached hydrogens (primary N) is 1. The Kier molecular flexibility index (Phi) is 3.87. The predicted molar refractivity (Wildman–Crippen MR) is 72.5 cm³/mol. The maximum absolute atomic E-state index is 14.2. The van der Waals surface area contributed by atoms with Crippen molar-refractivity contribution in [2.45, 2.75) is 6.42 Å². The summed E-state index contributed by atoms with van der Waals surface area (Å²) in [6.45, 7) is 1.51. The Bertz CT molecular complexity index is 481. The van der Waals surface area contributed by atoms with E-state index in [4.69, 9.17) is 16.2 Å².